The van der Waals surface area contributed by atoms with Crippen molar-refractivity contribution in [2.45, 2.75) is 31.6 Å². The van der Waals surface area contributed by atoms with Gasteiger partial charge < -0.3 is 19.7 Å². The van der Waals surface area contributed by atoms with E-state index in [-0.39, 0.29) is 23.6 Å². The van der Waals surface area contributed by atoms with Crippen molar-refractivity contribution in [2.24, 2.45) is 5.92 Å². The molecule has 0 radical (unpaired) electrons. The highest BCUT2D eigenvalue weighted by atomic mass is 32.1. The van der Waals surface area contributed by atoms with Crippen LogP contribution in [0.25, 0.3) is 0 Å². The minimum atomic E-state index is -4.24. The molecule has 198 valence electrons. The fraction of sp³-hybridized carbons (Fsp3) is 0.323. The van der Waals surface area contributed by atoms with Gasteiger partial charge in [-0.15, -0.1) is 0 Å². The Labute approximate surface area is 241 Å². The lowest BCUT2D eigenvalue weighted by Crippen LogP contribution is -2.44. The second-order valence-corrected chi connectivity index (χ2v) is 9.00. The Balaban J connectivity index is 2.64. The molecule has 0 aliphatic heterocycles. The van der Waals surface area contributed by atoms with E-state index in [9.17, 15) is 9.46 Å². The number of rotatable bonds is 7. The Kier molecular flexibility index (Phi) is 17.2. The monoisotopic (exact) mass is 567 g/mol. The van der Waals surface area contributed by atoms with Crippen LogP contribution in [0.1, 0.15) is 13.3 Å². The zero-order valence-electron chi connectivity index (χ0n) is 22.1. The van der Waals surface area contributed by atoms with E-state index in [1.54, 1.807) is 6.92 Å². The molecule has 7 nitrogen and oxygen atoms in total. The number of phosphoric ester groups is 1. The van der Waals surface area contributed by atoms with Crippen LogP contribution in [0.3, 0.4) is 0 Å². The van der Waals surface area contributed by atoms with E-state index in [4.69, 9.17) is 26.2 Å². The van der Waals surface area contributed by atoms with Gasteiger partial charge in [-0.25, -0.2) is 4.57 Å². The quantitative estimate of drug-likeness (QED) is 0.269. The van der Waals surface area contributed by atoms with E-state index >= 15 is 0 Å². The fourth-order valence-corrected chi connectivity index (χ4v) is 3.99. The SMILES string of the molecule is CC#CC#CC#CC#CC#CC#CC#CC#CC#CC#CC(=S)N[C@@H]1C[C@H](COC)C(OP(=O)(O)OC)[C@@H]1OC. The second-order valence-electron chi connectivity index (χ2n) is 7.08. The lowest BCUT2D eigenvalue weighted by Gasteiger charge is -2.26. The van der Waals surface area contributed by atoms with Crippen molar-refractivity contribution in [1.29, 1.82) is 0 Å². The number of hydrogen-bond acceptors (Lipinski definition) is 6. The maximum Gasteiger partial charge on any atom is 0.472 e. The largest absolute Gasteiger partial charge is 0.472 e. The number of thiocarbonyl (C=S) groups is 1. The molecule has 0 saturated heterocycles. The van der Waals surface area contributed by atoms with Gasteiger partial charge in [-0.1, -0.05) is 18.1 Å². The molecule has 1 saturated carbocycles. The molecular weight excluding hydrogens is 545 g/mol. The first-order valence-electron chi connectivity index (χ1n) is 11.2. The first kappa shape index (κ1) is 33.5. The first-order chi connectivity index (χ1) is 19.4. The Morgan fingerprint density at radius 2 is 1.25 bits per heavy atom. The van der Waals surface area contributed by atoms with E-state index in [0.717, 1.165) is 7.11 Å². The van der Waals surface area contributed by atoms with Crippen molar-refractivity contribution in [2.75, 3.05) is 27.9 Å². The Morgan fingerprint density at radius 1 is 0.800 bits per heavy atom. The van der Waals surface area contributed by atoms with Crippen LogP contribution in [0.5, 0.6) is 0 Å². The molecule has 1 aliphatic carbocycles. The second kappa shape index (κ2) is 20.5. The summed E-state index contributed by atoms with van der Waals surface area (Å²) in [7, 11) is -0.153. The predicted molar refractivity (Wildman–Crippen MR) is 155 cm³/mol. The minimum absolute atomic E-state index is 0.216. The van der Waals surface area contributed by atoms with Crippen molar-refractivity contribution < 1.29 is 28.0 Å². The summed E-state index contributed by atoms with van der Waals surface area (Å²) in [4.78, 5) is 9.98. The Bertz CT molecular complexity index is 1630. The predicted octanol–water partition coefficient (Wildman–Crippen LogP) is 1.14. The molecule has 0 aromatic rings. The van der Waals surface area contributed by atoms with Crippen LogP contribution in [-0.2, 0) is 23.1 Å². The van der Waals surface area contributed by atoms with Crippen molar-refractivity contribution >= 4 is 25.0 Å². The summed E-state index contributed by atoms with van der Waals surface area (Å²) in [5.74, 6) is 50.5. The van der Waals surface area contributed by atoms with Crippen molar-refractivity contribution in [3.63, 3.8) is 0 Å². The average Bonchev–Trinajstić information content (AvgIpc) is 3.24. The molecule has 0 heterocycles. The third kappa shape index (κ3) is 14.5. The molecule has 40 heavy (non-hydrogen) atoms. The van der Waals surface area contributed by atoms with Gasteiger partial charge in [0.15, 0.2) is 4.99 Å². The number of methoxy groups -OCH3 is 2. The van der Waals surface area contributed by atoms with Gasteiger partial charge in [-0.3, -0.25) is 9.05 Å². The molecule has 5 atom stereocenters. The van der Waals surface area contributed by atoms with Gasteiger partial charge in [-0.2, -0.15) is 0 Å². The van der Waals surface area contributed by atoms with E-state index in [1.807, 2.05) is 0 Å². The fourth-order valence-electron chi connectivity index (χ4n) is 3.11. The van der Waals surface area contributed by atoms with Gasteiger partial charge in [0.2, 0.25) is 0 Å². The van der Waals surface area contributed by atoms with Crippen molar-refractivity contribution in [3.8, 4) is 118 Å². The van der Waals surface area contributed by atoms with Crippen LogP contribution in [0.2, 0.25) is 0 Å². The maximum absolute atomic E-state index is 12.0. The molecule has 2 N–H and O–H groups in total. The Morgan fingerprint density at radius 3 is 1.65 bits per heavy atom. The van der Waals surface area contributed by atoms with Crippen LogP contribution < -0.4 is 5.32 Å². The third-order valence-electron chi connectivity index (χ3n) is 4.56. The van der Waals surface area contributed by atoms with Crippen LogP contribution in [0, 0.1) is 124 Å². The van der Waals surface area contributed by atoms with Gasteiger partial charge >= 0.3 is 7.82 Å². The zero-order chi connectivity index (χ0) is 29.5. The standard InChI is InChI=1S/C31H22NO6PS/c1-5-6-7-8-9-10-11-12-13-14-15-16-17-18-19-20-21-22-23-24-29(40)32-28-25-27(26-35-2)30(31(28)36-3)38-39(33,34)37-4/h27-28,30-31H,25-26H2,1-4H3,(H,32,40)(H,33,34)/t27-,28-,30?,31-/m1/s1. The molecule has 2 unspecified atom stereocenters. The van der Waals surface area contributed by atoms with Crippen LogP contribution in [0.4, 0.5) is 0 Å². The molecule has 0 bridgehead atoms. The van der Waals surface area contributed by atoms with E-state index in [0.29, 0.717) is 6.42 Å². The number of ether oxygens (including phenoxy) is 2. The van der Waals surface area contributed by atoms with Crippen molar-refractivity contribution in [3.05, 3.63) is 0 Å². The van der Waals surface area contributed by atoms with Gasteiger partial charge in [0.1, 0.15) is 12.2 Å². The summed E-state index contributed by atoms with van der Waals surface area (Å²) in [6.07, 6.45) is -0.855. The highest BCUT2D eigenvalue weighted by Crippen LogP contribution is 2.48. The molecule has 9 heteroatoms. The third-order valence-corrected chi connectivity index (χ3v) is 5.75. The van der Waals surface area contributed by atoms with Crippen LogP contribution in [0.15, 0.2) is 0 Å². The summed E-state index contributed by atoms with van der Waals surface area (Å²) in [5.41, 5.74) is 0. The number of nitrogens with one attached hydrogen (secondary N) is 1. The Hall–Kier alpha value is -4.48. The highest BCUT2D eigenvalue weighted by molar-refractivity contribution is 7.80. The summed E-state index contributed by atoms with van der Waals surface area (Å²) < 4.78 is 32.6. The molecule has 0 spiro atoms. The smallest absolute Gasteiger partial charge is 0.384 e. The van der Waals surface area contributed by atoms with Crippen molar-refractivity contribution in [1.82, 2.24) is 5.32 Å². The molecule has 1 rings (SSSR count). The summed E-state index contributed by atoms with van der Waals surface area (Å²) in [6, 6.07) is -0.339. The zero-order valence-corrected chi connectivity index (χ0v) is 23.8. The molecular formula is C31H22NO6PS. The molecule has 1 aliphatic rings. The van der Waals surface area contributed by atoms with E-state index in [2.05, 4.69) is 128 Å². The number of phosphoric acid groups is 1. The normalized spacial score (nSPS) is 18.4. The average molecular weight is 568 g/mol. The molecule has 0 aromatic heterocycles. The lowest BCUT2D eigenvalue weighted by atomic mass is 10.1. The van der Waals surface area contributed by atoms with Crippen LogP contribution >= 0.6 is 20.0 Å². The molecule has 0 amide bonds. The van der Waals surface area contributed by atoms with E-state index < -0.39 is 20.0 Å². The summed E-state index contributed by atoms with van der Waals surface area (Å²) in [5, 5.41) is 3.07. The van der Waals surface area contributed by atoms with Gasteiger partial charge in [0, 0.05) is 39.1 Å². The highest BCUT2D eigenvalue weighted by Gasteiger charge is 2.47. The molecule has 0 aromatic carbocycles. The van der Waals surface area contributed by atoms with E-state index in [1.165, 1.54) is 14.2 Å². The molecule has 1 fully saturated rings. The summed E-state index contributed by atoms with van der Waals surface area (Å²) >= 11 is 5.27. The topological polar surface area (TPSA) is 86.3 Å². The number of hydrogen-bond donors (Lipinski definition) is 2. The minimum Gasteiger partial charge on any atom is -0.384 e. The summed E-state index contributed by atoms with van der Waals surface area (Å²) in [6.45, 7) is 1.97. The van der Waals surface area contributed by atoms with Gasteiger partial charge in [-0.05, 0) is 114 Å². The maximum atomic E-state index is 12.0. The van der Waals surface area contributed by atoms with Gasteiger partial charge in [0.05, 0.1) is 12.6 Å². The van der Waals surface area contributed by atoms with Gasteiger partial charge in [0.25, 0.3) is 0 Å². The lowest BCUT2D eigenvalue weighted by molar-refractivity contribution is -0.0282. The van der Waals surface area contributed by atoms with Crippen LogP contribution in [-0.4, -0.2) is 56.1 Å². The first-order valence-corrected chi connectivity index (χ1v) is 13.1.